The lowest BCUT2D eigenvalue weighted by Crippen LogP contribution is -2.56. The number of nitrogens with zero attached hydrogens (tertiary/aromatic N) is 2. The van der Waals surface area contributed by atoms with Gasteiger partial charge >= 0.3 is 0 Å². The van der Waals surface area contributed by atoms with Crippen LogP contribution in [0.1, 0.15) is 22.8 Å². The minimum absolute atomic E-state index is 0. The number of ether oxygens (including phenoxy) is 4. The number of carbonyl (C=O) groups is 1. The number of carbonyl (C=O) groups excluding carboxylic acids is 1. The second kappa shape index (κ2) is 12.5. The van der Waals surface area contributed by atoms with Crippen molar-refractivity contribution in [2.45, 2.75) is 19.5 Å². The average Bonchev–Trinajstić information content (AvgIpc) is 2.82. The fourth-order valence-corrected chi connectivity index (χ4v) is 3.90. The molecule has 0 saturated carbocycles. The molecule has 1 atom stereocenters. The molecule has 1 heterocycles. The van der Waals surface area contributed by atoms with E-state index in [4.69, 9.17) is 18.9 Å². The Morgan fingerprint density at radius 3 is 2.22 bits per heavy atom. The van der Waals surface area contributed by atoms with E-state index in [0.29, 0.717) is 49.1 Å². The summed E-state index contributed by atoms with van der Waals surface area (Å²) in [6.45, 7) is 6.09. The zero-order valence-corrected chi connectivity index (χ0v) is 20.0. The predicted octanol–water partition coefficient (Wildman–Crippen LogP) is 3.50. The normalized spacial score (nSPS) is 16.2. The van der Waals surface area contributed by atoms with E-state index >= 15 is 0 Å². The fourth-order valence-electron chi connectivity index (χ4n) is 3.90. The van der Waals surface area contributed by atoms with E-state index in [1.165, 1.54) is 5.56 Å². The fraction of sp³-hybridized carbons (Fsp3) is 0.458. The molecule has 7 nitrogen and oxygen atoms in total. The van der Waals surface area contributed by atoms with Crippen molar-refractivity contribution in [1.82, 2.24) is 9.80 Å². The van der Waals surface area contributed by atoms with Crippen molar-refractivity contribution in [3.05, 3.63) is 53.6 Å². The van der Waals surface area contributed by atoms with Crippen molar-refractivity contribution in [1.29, 1.82) is 0 Å². The molecule has 1 unspecified atom stereocenters. The zero-order chi connectivity index (χ0) is 22.2. The third-order valence-electron chi connectivity index (χ3n) is 5.55. The van der Waals surface area contributed by atoms with E-state index in [1.807, 2.05) is 17.9 Å². The third kappa shape index (κ3) is 6.06. The highest BCUT2D eigenvalue weighted by Crippen LogP contribution is 2.38. The zero-order valence-electron chi connectivity index (χ0n) is 19.2. The van der Waals surface area contributed by atoms with Crippen LogP contribution in [0.5, 0.6) is 17.2 Å². The Bertz CT molecular complexity index is 840. The van der Waals surface area contributed by atoms with Crippen LogP contribution in [-0.4, -0.2) is 75.9 Å². The molecule has 3 rings (SSSR count). The van der Waals surface area contributed by atoms with E-state index in [9.17, 15) is 4.79 Å². The first kappa shape index (κ1) is 25.8. The van der Waals surface area contributed by atoms with Gasteiger partial charge in [-0.05, 0) is 24.6 Å². The number of piperazine rings is 1. The first-order valence-electron chi connectivity index (χ1n) is 10.6. The summed E-state index contributed by atoms with van der Waals surface area (Å²) in [6.07, 6.45) is 0. The quantitative estimate of drug-likeness (QED) is 0.566. The van der Waals surface area contributed by atoms with Crippen LogP contribution in [0.15, 0.2) is 42.5 Å². The summed E-state index contributed by atoms with van der Waals surface area (Å²) in [6, 6.07) is 13.9. The first-order chi connectivity index (χ1) is 15.1. The Kier molecular flexibility index (Phi) is 10.1. The van der Waals surface area contributed by atoms with Crippen molar-refractivity contribution in [3.63, 3.8) is 0 Å². The molecular formula is C24H33ClN2O5. The highest BCUT2D eigenvalue weighted by molar-refractivity contribution is 5.95. The van der Waals surface area contributed by atoms with Crippen LogP contribution in [-0.2, 0) is 11.3 Å². The molecule has 176 valence electrons. The van der Waals surface area contributed by atoms with Crippen molar-refractivity contribution in [2.75, 3.05) is 54.2 Å². The molecule has 0 N–H and O–H groups in total. The maximum atomic E-state index is 13.3. The van der Waals surface area contributed by atoms with Gasteiger partial charge in [0, 0.05) is 38.3 Å². The molecule has 8 heteroatoms. The van der Waals surface area contributed by atoms with E-state index < -0.39 is 0 Å². The first-order valence-corrected chi connectivity index (χ1v) is 10.6. The Morgan fingerprint density at radius 1 is 1.00 bits per heavy atom. The minimum atomic E-state index is -0.0555. The van der Waals surface area contributed by atoms with Gasteiger partial charge in [-0.3, -0.25) is 9.69 Å². The van der Waals surface area contributed by atoms with Gasteiger partial charge in [0.05, 0.1) is 34.0 Å². The van der Waals surface area contributed by atoms with Gasteiger partial charge in [0.25, 0.3) is 5.91 Å². The van der Waals surface area contributed by atoms with E-state index in [2.05, 4.69) is 29.2 Å². The number of hydrogen-bond acceptors (Lipinski definition) is 6. The van der Waals surface area contributed by atoms with Crippen molar-refractivity contribution < 1.29 is 23.7 Å². The maximum Gasteiger partial charge on any atom is 0.254 e. The summed E-state index contributed by atoms with van der Waals surface area (Å²) >= 11 is 0. The summed E-state index contributed by atoms with van der Waals surface area (Å²) in [4.78, 5) is 17.6. The molecule has 1 saturated heterocycles. The number of benzene rings is 2. The van der Waals surface area contributed by atoms with E-state index in [0.717, 1.165) is 13.1 Å². The van der Waals surface area contributed by atoms with Gasteiger partial charge in [0.15, 0.2) is 11.5 Å². The molecule has 1 aliphatic heterocycles. The average molecular weight is 465 g/mol. The highest BCUT2D eigenvalue weighted by Gasteiger charge is 2.31. The summed E-state index contributed by atoms with van der Waals surface area (Å²) in [5, 5.41) is 0. The van der Waals surface area contributed by atoms with Crippen LogP contribution in [0.25, 0.3) is 0 Å². The van der Waals surface area contributed by atoms with Crippen molar-refractivity contribution in [3.8, 4) is 17.2 Å². The van der Waals surface area contributed by atoms with Gasteiger partial charge in [0.1, 0.15) is 0 Å². The van der Waals surface area contributed by atoms with Crippen LogP contribution in [0.3, 0.4) is 0 Å². The summed E-state index contributed by atoms with van der Waals surface area (Å²) < 4.78 is 21.9. The number of amides is 1. The van der Waals surface area contributed by atoms with Crippen LogP contribution < -0.4 is 14.2 Å². The van der Waals surface area contributed by atoms with Crippen LogP contribution in [0, 0.1) is 0 Å². The third-order valence-corrected chi connectivity index (χ3v) is 5.55. The van der Waals surface area contributed by atoms with Gasteiger partial charge in [0.2, 0.25) is 5.75 Å². The Hall–Kier alpha value is -2.48. The molecule has 0 spiro atoms. The topological polar surface area (TPSA) is 60.5 Å². The Morgan fingerprint density at radius 2 is 1.66 bits per heavy atom. The predicted molar refractivity (Wildman–Crippen MR) is 126 cm³/mol. The highest BCUT2D eigenvalue weighted by atomic mass is 35.5. The van der Waals surface area contributed by atoms with E-state index in [1.54, 1.807) is 33.5 Å². The lowest BCUT2D eigenvalue weighted by Gasteiger charge is -2.41. The molecule has 1 aliphatic rings. The molecule has 2 aromatic carbocycles. The second-order valence-electron chi connectivity index (χ2n) is 7.43. The van der Waals surface area contributed by atoms with Gasteiger partial charge in [-0.1, -0.05) is 30.3 Å². The van der Waals surface area contributed by atoms with E-state index in [-0.39, 0.29) is 24.4 Å². The van der Waals surface area contributed by atoms with Gasteiger partial charge in [-0.25, -0.2) is 0 Å². The van der Waals surface area contributed by atoms with Gasteiger partial charge < -0.3 is 23.8 Å². The van der Waals surface area contributed by atoms with Crippen LogP contribution in [0.4, 0.5) is 0 Å². The maximum absolute atomic E-state index is 13.3. The van der Waals surface area contributed by atoms with Crippen molar-refractivity contribution in [2.24, 2.45) is 0 Å². The SMILES string of the molecule is CCOCC1CN(C(=O)c2cc(OC)c(OC)c(OC)c2)CCN1Cc1ccccc1.Cl. The summed E-state index contributed by atoms with van der Waals surface area (Å²) in [7, 11) is 4.64. The molecule has 0 aliphatic carbocycles. The van der Waals surface area contributed by atoms with Gasteiger partial charge in [-0.15, -0.1) is 12.4 Å². The molecule has 0 radical (unpaired) electrons. The molecular weight excluding hydrogens is 432 g/mol. The minimum Gasteiger partial charge on any atom is -0.493 e. The summed E-state index contributed by atoms with van der Waals surface area (Å²) in [5.41, 5.74) is 1.77. The second-order valence-corrected chi connectivity index (χ2v) is 7.43. The molecule has 2 aromatic rings. The van der Waals surface area contributed by atoms with Crippen LogP contribution >= 0.6 is 12.4 Å². The number of halogens is 1. The standard InChI is InChI=1S/C24H32N2O5.ClH/c1-5-31-17-20-16-26(12-11-25(20)15-18-9-7-6-8-10-18)24(27)19-13-21(28-2)23(30-4)22(14-19)29-3;/h6-10,13-14,20H,5,11-12,15-17H2,1-4H3;1H. The monoisotopic (exact) mass is 464 g/mol. The van der Waals surface area contributed by atoms with Gasteiger partial charge in [-0.2, -0.15) is 0 Å². The van der Waals surface area contributed by atoms with Crippen LogP contribution in [0.2, 0.25) is 0 Å². The molecule has 0 aromatic heterocycles. The molecule has 1 amide bonds. The Balaban J connectivity index is 0.00000363. The summed E-state index contributed by atoms with van der Waals surface area (Å²) in [5.74, 6) is 1.36. The van der Waals surface area contributed by atoms with Crippen molar-refractivity contribution >= 4 is 18.3 Å². The smallest absolute Gasteiger partial charge is 0.254 e. The number of hydrogen-bond donors (Lipinski definition) is 0. The lowest BCUT2D eigenvalue weighted by molar-refractivity contribution is 0.00997. The lowest BCUT2D eigenvalue weighted by atomic mass is 10.1. The Labute approximate surface area is 196 Å². The largest absolute Gasteiger partial charge is 0.493 e. The molecule has 0 bridgehead atoms. The number of rotatable bonds is 9. The molecule has 32 heavy (non-hydrogen) atoms. The molecule has 1 fully saturated rings. The number of methoxy groups -OCH3 is 3.